The summed E-state index contributed by atoms with van der Waals surface area (Å²) >= 11 is 5.82. The fraction of sp³-hybridized carbons (Fsp3) is 0.100. The normalized spacial score (nSPS) is 10.3. The number of amides is 1. The molecule has 5 heteroatoms. The van der Waals surface area contributed by atoms with Crippen molar-refractivity contribution in [2.24, 2.45) is 0 Å². The topological polar surface area (TPSA) is 51.2 Å². The molecule has 0 radical (unpaired) electrons. The molecule has 4 nitrogen and oxygen atoms in total. The summed E-state index contributed by atoms with van der Waals surface area (Å²) in [7, 11) is 0. The molecular formula is C20H17ClN2O2. The van der Waals surface area contributed by atoms with Gasteiger partial charge in [0.15, 0.2) is 0 Å². The maximum atomic E-state index is 11.9. The zero-order valence-electron chi connectivity index (χ0n) is 13.5. The lowest BCUT2D eigenvalue weighted by molar-refractivity contribution is 0.155. The van der Waals surface area contributed by atoms with Crippen LogP contribution in [0.15, 0.2) is 73.1 Å². The van der Waals surface area contributed by atoms with Crippen molar-refractivity contribution in [3.63, 3.8) is 0 Å². The molecule has 1 heterocycles. The highest BCUT2D eigenvalue weighted by atomic mass is 35.5. The van der Waals surface area contributed by atoms with Gasteiger partial charge in [0.2, 0.25) is 0 Å². The van der Waals surface area contributed by atoms with Crippen LogP contribution in [-0.2, 0) is 17.8 Å². The van der Waals surface area contributed by atoms with Crippen LogP contribution in [0.2, 0.25) is 5.02 Å². The van der Waals surface area contributed by atoms with Crippen LogP contribution < -0.4 is 5.32 Å². The molecule has 3 rings (SSSR count). The van der Waals surface area contributed by atoms with Gasteiger partial charge in [-0.1, -0.05) is 35.9 Å². The summed E-state index contributed by atoms with van der Waals surface area (Å²) in [6.07, 6.45) is 3.89. The fourth-order valence-corrected chi connectivity index (χ4v) is 2.45. The maximum absolute atomic E-state index is 11.9. The molecule has 25 heavy (non-hydrogen) atoms. The second-order valence-corrected chi connectivity index (χ2v) is 5.99. The number of nitrogens with zero attached hydrogens (tertiary/aromatic N) is 1. The Bertz CT molecular complexity index is 819. The van der Waals surface area contributed by atoms with Gasteiger partial charge in [0.05, 0.1) is 0 Å². The number of carbonyl (C=O) groups excluding carboxylic acids is 1. The molecule has 1 N–H and O–H groups in total. The van der Waals surface area contributed by atoms with E-state index in [1.807, 2.05) is 48.5 Å². The van der Waals surface area contributed by atoms with Crippen molar-refractivity contribution >= 4 is 23.4 Å². The number of pyridine rings is 1. The van der Waals surface area contributed by atoms with Crippen LogP contribution in [0.3, 0.4) is 0 Å². The van der Waals surface area contributed by atoms with Crippen molar-refractivity contribution in [3.05, 3.63) is 94.8 Å². The van der Waals surface area contributed by atoms with E-state index in [9.17, 15) is 4.79 Å². The Kier molecular flexibility index (Phi) is 5.65. The Labute approximate surface area is 151 Å². The maximum Gasteiger partial charge on any atom is 0.411 e. The molecule has 3 aromatic rings. The van der Waals surface area contributed by atoms with Crippen LogP contribution in [-0.4, -0.2) is 11.1 Å². The van der Waals surface area contributed by atoms with Gasteiger partial charge in [0, 0.05) is 23.1 Å². The van der Waals surface area contributed by atoms with Crippen LogP contribution in [0.4, 0.5) is 10.5 Å². The van der Waals surface area contributed by atoms with E-state index in [4.69, 9.17) is 16.3 Å². The van der Waals surface area contributed by atoms with Gasteiger partial charge in [-0.15, -0.1) is 0 Å². The molecule has 0 unspecified atom stereocenters. The third kappa shape index (κ3) is 5.33. The molecule has 0 spiro atoms. The van der Waals surface area contributed by atoms with E-state index in [0.717, 1.165) is 17.5 Å². The highest BCUT2D eigenvalue weighted by Gasteiger charge is 2.04. The van der Waals surface area contributed by atoms with E-state index in [2.05, 4.69) is 10.3 Å². The SMILES string of the molecule is O=C(Nc1ccc(Cc2ccncc2)cc1)OCc1ccc(Cl)cc1. The van der Waals surface area contributed by atoms with Gasteiger partial charge in [-0.25, -0.2) is 4.79 Å². The molecule has 0 aliphatic rings. The predicted molar refractivity (Wildman–Crippen MR) is 98.7 cm³/mol. The first-order chi connectivity index (χ1) is 12.2. The number of halogens is 1. The number of nitrogens with one attached hydrogen (secondary N) is 1. The lowest BCUT2D eigenvalue weighted by Gasteiger charge is -2.08. The van der Waals surface area contributed by atoms with Gasteiger partial charge in [-0.3, -0.25) is 10.3 Å². The first-order valence-electron chi connectivity index (χ1n) is 7.85. The highest BCUT2D eigenvalue weighted by Crippen LogP contribution is 2.14. The second kappa shape index (κ2) is 8.31. The summed E-state index contributed by atoms with van der Waals surface area (Å²) in [5.41, 5.74) is 3.93. The van der Waals surface area contributed by atoms with Crippen LogP contribution in [0, 0.1) is 0 Å². The van der Waals surface area contributed by atoms with Gasteiger partial charge in [-0.05, 0) is 59.5 Å². The molecule has 1 amide bonds. The third-order valence-corrected chi connectivity index (χ3v) is 3.89. The molecule has 0 aliphatic heterocycles. The average molecular weight is 353 g/mol. The third-order valence-electron chi connectivity index (χ3n) is 3.64. The number of aromatic nitrogens is 1. The minimum atomic E-state index is -0.489. The zero-order chi connectivity index (χ0) is 17.5. The number of benzene rings is 2. The number of carbonyl (C=O) groups is 1. The monoisotopic (exact) mass is 352 g/mol. The number of anilines is 1. The number of hydrogen-bond acceptors (Lipinski definition) is 3. The smallest absolute Gasteiger partial charge is 0.411 e. The van der Waals surface area contributed by atoms with Crippen LogP contribution in [0.1, 0.15) is 16.7 Å². The second-order valence-electron chi connectivity index (χ2n) is 5.56. The minimum Gasteiger partial charge on any atom is -0.444 e. The number of hydrogen-bond donors (Lipinski definition) is 1. The molecule has 2 aromatic carbocycles. The molecule has 0 fully saturated rings. The van der Waals surface area contributed by atoms with E-state index in [0.29, 0.717) is 10.7 Å². The Morgan fingerprint density at radius 2 is 1.48 bits per heavy atom. The van der Waals surface area contributed by atoms with Crippen LogP contribution >= 0.6 is 11.6 Å². The fourth-order valence-electron chi connectivity index (χ4n) is 2.33. The van der Waals surface area contributed by atoms with Crippen LogP contribution in [0.5, 0.6) is 0 Å². The summed E-state index contributed by atoms with van der Waals surface area (Å²) in [6, 6.07) is 18.8. The van der Waals surface area contributed by atoms with Crippen molar-refractivity contribution < 1.29 is 9.53 Å². The molecule has 0 saturated carbocycles. The summed E-state index contributed by atoms with van der Waals surface area (Å²) in [5.74, 6) is 0. The Morgan fingerprint density at radius 1 is 0.880 bits per heavy atom. The number of rotatable bonds is 5. The average Bonchev–Trinajstić information content (AvgIpc) is 2.64. The molecule has 1 aromatic heterocycles. The molecule has 0 saturated heterocycles. The Balaban J connectivity index is 1.50. The quantitative estimate of drug-likeness (QED) is 0.697. The summed E-state index contributed by atoms with van der Waals surface area (Å²) in [6.45, 7) is 0.198. The zero-order valence-corrected chi connectivity index (χ0v) is 14.2. The lowest BCUT2D eigenvalue weighted by Crippen LogP contribution is -2.13. The Hall–Kier alpha value is -2.85. The standard InChI is InChI=1S/C20H17ClN2O2/c21-18-5-1-17(2-6-18)14-25-20(24)23-19-7-3-15(4-8-19)13-16-9-11-22-12-10-16/h1-12H,13-14H2,(H,23,24). The summed E-state index contributed by atoms with van der Waals surface area (Å²) in [4.78, 5) is 15.9. The van der Waals surface area contributed by atoms with Gasteiger partial charge in [0.25, 0.3) is 0 Å². The van der Waals surface area contributed by atoms with Crippen molar-refractivity contribution in [1.82, 2.24) is 4.98 Å². The van der Waals surface area contributed by atoms with Crippen molar-refractivity contribution in [3.8, 4) is 0 Å². The largest absolute Gasteiger partial charge is 0.444 e. The molecular weight excluding hydrogens is 336 g/mol. The van der Waals surface area contributed by atoms with E-state index in [-0.39, 0.29) is 6.61 Å². The lowest BCUT2D eigenvalue weighted by atomic mass is 10.1. The van der Waals surface area contributed by atoms with E-state index in [1.54, 1.807) is 24.5 Å². The minimum absolute atomic E-state index is 0.198. The number of ether oxygens (including phenoxy) is 1. The molecule has 0 atom stereocenters. The van der Waals surface area contributed by atoms with Crippen LogP contribution in [0.25, 0.3) is 0 Å². The Morgan fingerprint density at radius 3 is 2.16 bits per heavy atom. The molecule has 0 aliphatic carbocycles. The van der Waals surface area contributed by atoms with E-state index in [1.165, 1.54) is 5.56 Å². The van der Waals surface area contributed by atoms with Crippen molar-refractivity contribution in [2.75, 3.05) is 5.32 Å². The molecule has 0 bridgehead atoms. The predicted octanol–water partition coefficient (Wildman–Crippen LogP) is 5.07. The van der Waals surface area contributed by atoms with Gasteiger partial charge < -0.3 is 4.74 Å². The van der Waals surface area contributed by atoms with Gasteiger partial charge in [-0.2, -0.15) is 0 Å². The first-order valence-corrected chi connectivity index (χ1v) is 8.23. The highest BCUT2D eigenvalue weighted by molar-refractivity contribution is 6.30. The van der Waals surface area contributed by atoms with Crippen molar-refractivity contribution in [1.29, 1.82) is 0 Å². The van der Waals surface area contributed by atoms with E-state index < -0.39 is 6.09 Å². The first kappa shape index (κ1) is 17.0. The summed E-state index contributed by atoms with van der Waals surface area (Å²) in [5, 5.41) is 3.37. The van der Waals surface area contributed by atoms with Crippen molar-refractivity contribution in [2.45, 2.75) is 13.0 Å². The van der Waals surface area contributed by atoms with Gasteiger partial charge in [0.1, 0.15) is 6.61 Å². The summed E-state index contributed by atoms with van der Waals surface area (Å²) < 4.78 is 5.20. The molecule has 126 valence electrons. The van der Waals surface area contributed by atoms with Gasteiger partial charge >= 0.3 is 6.09 Å². The van der Waals surface area contributed by atoms with E-state index >= 15 is 0 Å².